The van der Waals surface area contributed by atoms with Gasteiger partial charge in [-0.05, 0) is 88.4 Å². The first-order valence-corrected chi connectivity index (χ1v) is 31.8. The Kier molecular flexibility index (Phi) is 37.3. The maximum Gasteiger partial charge on any atom is 0.330 e. The third-order valence-electron chi connectivity index (χ3n) is 15.9. The number of carbonyl (C=O) groups excluding carboxylic acids is 14. The van der Waals surface area contributed by atoms with Crippen LogP contribution < -0.4 is 38.1 Å². The normalized spacial score (nSPS) is 16.7. The van der Waals surface area contributed by atoms with Crippen molar-refractivity contribution in [2.24, 2.45) is 64.7 Å². The van der Waals surface area contributed by atoms with Gasteiger partial charge in [-0.15, -0.1) is 0 Å². The third-order valence-corrected chi connectivity index (χ3v) is 15.9. The molecule has 1 fully saturated rings. The van der Waals surface area contributed by atoms with Crippen LogP contribution in [-0.4, -0.2) is 182 Å². The molecule has 0 aromatic heterocycles. The molecule has 29 heteroatoms. The van der Waals surface area contributed by atoms with E-state index in [-0.39, 0.29) is 62.8 Å². The minimum absolute atomic E-state index is 0.0202. The van der Waals surface area contributed by atoms with Crippen LogP contribution in [0.2, 0.25) is 0 Å². The maximum absolute atomic E-state index is 14.3. The van der Waals surface area contributed by atoms with Gasteiger partial charge in [-0.2, -0.15) is 0 Å². The Morgan fingerprint density at radius 3 is 1.53 bits per heavy atom. The lowest BCUT2D eigenvalue weighted by molar-refractivity contribution is -0.145. The molecule has 1 heterocycles. The van der Waals surface area contributed by atoms with Gasteiger partial charge in [0.15, 0.2) is 28.9 Å². The molecule has 0 radical (unpaired) electrons. The van der Waals surface area contributed by atoms with E-state index in [0.29, 0.717) is 6.42 Å². The number of likely N-dealkylation sites (tertiary alicyclic amines) is 1. The van der Waals surface area contributed by atoms with Gasteiger partial charge in [-0.1, -0.05) is 61.5 Å². The number of allylic oxidation sites excluding steroid dienone is 1. The van der Waals surface area contributed by atoms with E-state index < -0.39 is 243 Å². The van der Waals surface area contributed by atoms with Crippen LogP contribution in [0, 0.1) is 53.3 Å². The van der Waals surface area contributed by atoms with Crippen LogP contribution in [0.3, 0.4) is 0 Å². The number of nitrogens with two attached hydrogens (primary N) is 2. The van der Waals surface area contributed by atoms with Crippen LogP contribution in [-0.2, 0) is 81.4 Å². The molecule has 1 saturated heterocycles. The fourth-order valence-electron chi connectivity index (χ4n) is 11.1. The Hall–Kier alpha value is -7.82. The van der Waals surface area contributed by atoms with Crippen LogP contribution in [0.25, 0.3) is 0 Å². The van der Waals surface area contributed by atoms with E-state index in [1.807, 2.05) is 13.8 Å². The van der Waals surface area contributed by atoms with Crippen LogP contribution >= 0.6 is 0 Å². The topological polar surface area (TPSA) is 479 Å². The van der Waals surface area contributed by atoms with Gasteiger partial charge in [-0.3, -0.25) is 67.1 Å². The SMILES string of the molecule is COC(=O)/C=C/CC[C@H](CC(=O)[C@H](CC(N)=O)NC(C)=O)C(=O)N[C@@H](CCC(=O)O)C(=O)C[C@@H](CCC(N)=O)C(=O)N[C@H](C(=O)C[C@@H](CO)C(=O)N1CCC[C@H]1C(=O)C[C@@H](CC(C)C)C(=O)N[C@H](C(=O)C[C@@H](CC(C)C)C(=O)N[C@@H](CC(C)C)C(=O)O)C(C)O)C(C)C. The lowest BCUT2D eigenvalue weighted by Gasteiger charge is -2.30. The summed E-state index contributed by atoms with van der Waals surface area (Å²) in [4.78, 5) is 213. The highest BCUT2D eigenvalue weighted by atomic mass is 16.5. The van der Waals surface area contributed by atoms with E-state index >= 15 is 0 Å². The number of hydrogen-bond acceptors (Lipinski definition) is 19. The minimum atomic E-state index is -1.65. The second-order valence-electron chi connectivity index (χ2n) is 25.9. The minimum Gasteiger partial charge on any atom is -0.481 e. The Labute approximate surface area is 543 Å². The summed E-state index contributed by atoms with van der Waals surface area (Å²) in [6.07, 6.45) is -4.11. The van der Waals surface area contributed by atoms with Gasteiger partial charge >= 0.3 is 17.9 Å². The number of aliphatic hydroxyl groups is 2. The Morgan fingerprint density at radius 2 is 1.03 bits per heavy atom. The molecule has 1 aliphatic rings. The molecule has 0 aliphatic carbocycles. The number of ketones is 5. The summed E-state index contributed by atoms with van der Waals surface area (Å²) in [5.74, 6) is -21.3. The lowest BCUT2D eigenvalue weighted by atomic mass is 9.87. The lowest BCUT2D eigenvalue weighted by Crippen LogP contribution is -2.52. The van der Waals surface area contributed by atoms with Crippen molar-refractivity contribution < 1.29 is 102 Å². The molecule has 0 aromatic carbocycles. The molecule has 1 rings (SSSR count). The van der Waals surface area contributed by atoms with E-state index in [0.717, 1.165) is 20.1 Å². The molecule has 13 N–H and O–H groups in total. The van der Waals surface area contributed by atoms with E-state index in [1.54, 1.807) is 41.5 Å². The summed E-state index contributed by atoms with van der Waals surface area (Å²) < 4.78 is 4.58. The summed E-state index contributed by atoms with van der Waals surface area (Å²) in [5, 5.41) is 53.4. The summed E-state index contributed by atoms with van der Waals surface area (Å²) in [6.45, 7) is 15.4. The summed E-state index contributed by atoms with van der Waals surface area (Å²) in [6, 6.07) is -8.37. The van der Waals surface area contributed by atoms with Crippen LogP contribution in [0.4, 0.5) is 0 Å². The highest BCUT2D eigenvalue weighted by molar-refractivity contribution is 6.00. The Bertz CT molecular complexity index is 2660. The van der Waals surface area contributed by atoms with E-state index in [1.165, 1.54) is 17.9 Å². The van der Waals surface area contributed by atoms with Gasteiger partial charge in [-0.25, -0.2) is 9.59 Å². The second kappa shape index (κ2) is 41.7. The predicted octanol–water partition coefficient (Wildman–Crippen LogP) is 1.07. The Morgan fingerprint density at radius 1 is 0.548 bits per heavy atom. The fraction of sp³-hybridized carbons (Fsp3) is 0.719. The molecule has 1 aliphatic heterocycles. The Balaban J connectivity index is 3.50. The van der Waals surface area contributed by atoms with Crippen molar-refractivity contribution >= 4 is 94.1 Å². The number of amides is 8. The molecule has 29 nitrogen and oxygen atoms in total. The largest absolute Gasteiger partial charge is 0.481 e. The molecule has 12 atom stereocenters. The number of esters is 1. The number of aliphatic carboxylic acids is 2. The van der Waals surface area contributed by atoms with E-state index in [9.17, 15) is 97.1 Å². The van der Waals surface area contributed by atoms with Gasteiger partial charge < -0.3 is 68.1 Å². The van der Waals surface area contributed by atoms with Crippen molar-refractivity contribution in [2.45, 2.75) is 221 Å². The molecule has 0 bridgehead atoms. The van der Waals surface area contributed by atoms with Crippen molar-refractivity contribution in [2.75, 3.05) is 20.3 Å². The molecule has 8 amide bonds. The van der Waals surface area contributed by atoms with Crippen LogP contribution in [0.1, 0.15) is 178 Å². The first kappa shape index (κ1) is 83.2. The van der Waals surface area contributed by atoms with Crippen molar-refractivity contribution in [1.29, 1.82) is 0 Å². The number of nitrogens with one attached hydrogen (secondary N) is 5. The zero-order chi connectivity index (χ0) is 71.1. The highest BCUT2D eigenvalue weighted by Gasteiger charge is 2.42. The first-order chi connectivity index (χ1) is 43.3. The average Bonchev–Trinajstić information content (AvgIpc) is 1.80. The van der Waals surface area contributed by atoms with Gasteiger partial charge in [0.05, 0.1) is 56.3 Å². The van der Waals surface area contributed by atoms with Gasteiger partial charge in [0.25, 0.3) is 0 Å². The van der Waals surface area contributed by atoms with E-state index in [2.05, 4.69) is 31.3 Å². The van der Waals surface area contributed by atoms with Gasteiger partial charge in [0.2, 0.25) is 47.3 Å². The number of aliphatic hydroxyl groups excluding tert-OH is 2. The number of ether oxygens (including phenoxy) is 1. The molecular formula is C64H102N8O21. The summed E-state index contributed by atoms with van der Waals surface area (Å²) >= 11 is 0. The molecule has 0 aromatic rings. The molecule has 0 saturated carbocycles. The second-order valence-corrected chi connectivity index (χ2v) is 25.9. The fourth-order valence-corrected chi connectivity index (χ4v) is 11.1. The third kappa shape index (κ3) is 31.1. The standard InChI is InChI=1S/C64H102N8O21/c1-33(2)23-41(62(89)71-58(37(9)74)52(80)29-42(24-34(3)4)61(88)69-46(64(91)92)25-35(5)6)28-50(78)47-16-14-22-72(47)63(90)43(32-73)30-51(79)57(36(7)8)70-60(87)40(18-20-53(65)81)27-48(76)44(19-21-55(83)84)68-59(86)39(15-12-13-17-56(85)93-11)26-49(77)45(31-54(66)82)67-38(10)75/h13,17,33-37,39-47,57-58,73-74H,12,14-16,18-32H2,1-11H3,(H2,65,81)(H2,66,82)(H,67,75)(H,68,86)(H,69,88)(H,70,87)(H,71,89)(H,83,84)(H,91,92)/b17-13+/t37?,39-,40-,41-,42-,43+,44+,45+,46+,47+,57+,58+/m1/s1. The van der Waals surface area contributed by atoms with Crippen molar-refractivity contribution in [1.82, 2.24) is 31.5 Å². The number of primary amides is 2. The summed E-state index contributed by atoms with van der Waals surface area (Å²) in [5.41, 5.74) is 10.7. The van der Waals surface area contributed by atoms with Crippen LogP contribution in [0.5, 0.6) is 0 Å². The van der Waals surface area contributed by atoms with Crippen molar-refractivity contribution in [3.05, 3.63) is 12.2 Å². The number of carbonyl (C=O) groups is 16. The molecule has 1 unspecified atom stereocenters. The number of rotatable bonds is 47. The van der Waals surface area contributed by atoms with E-state index in [4.69, 9.17) is 11.5 Å². The van der Waals surface area contributed by atoms with Gasteiger partial charge in [0.1, 0.15) is 12.1 Å². The summed E-state index contributed by atoms with van der Waals surface area (Å²) in [7, 11) is 1.12. The van der Waals surface area contributed by atoms with Crippen LogP contribution in [0.15, 0.2) is 12.2 Å². The number of carboxylic acid groups (broad SMARTS) is 2. The number of Topliss-reactive ketones (excluding diaryl/α,β-unsaturated/α-hetero) is 5. The molecule has 524 valence electrons. The zero-order valence-corrected chi connectivity index (χ0v) is 55.7. The van der Waals surface area contributed by atoms with Crippen molar-refractivity contribution in [3.63, 3.8) is 0 Å². The van der Waals surface area contributed by atoms with Crippen molar-refractivity contribution in [3.8, 4) is 0 Å². The number of nitrogens with zero attached hydrogens (tertiary/aromatic N) is 1. The maximum atomic E-state index is 14.3. The van der Waals surface area contributed by atoms with Gasteiger partial charge in [0, 0.05) is 88.2 Å². The number of carboxylic acids is 2. The molecule has 0 spiro atoms. The average molecular weight is 1320 g/mol. The quantitative estimate of drug-likeness (QED) is 0.0300. The molecule has 93 heavy (non-hydrogen) atoms. The monoisotopic (exact) mass is 1320 g/mol. The highest BCUT2D eigenvalue weighted by Crippen LogP contribution is 2.28. The first-order valence-electron chi connectivity index (χ1n) is 31.8. The number of methoxy groups -OCH3 is 1. The predicted molar refractivity (Wildman–Crippen MR) is 335 cm³/mol. The number of hydrogen-bond donors (Lipinski definition) is 11. The smallest absolute Gasteiger partial charge is 0.330 e. The molecular weight excluding hydrogens is 1220 g/mol. The zero-order valence-electron chi connectivity index (χ0n) is 55.7.